The molecular weight excluding hydrogens is 226 g/mol. The van der Waals surface area contributed by atoms with Gasteiger partial charge < -0.3 is 5.73 Å². The maximum atomic E-state index is 11.7. The van der Waals surface area contributed by atoms with Crippen molar-refractivity contribution in [2.75, 3.05) is 6.54 Å². The van der Waals surface area contributed by atoms with E-state index in [4.69, 9.17) is 11.0 Å². The van der Waals surface area contributed by atoms with Crippen molar-refractivity contribution >= 4 is 10.0 Å². The molecule has 0 saturated heterocycles. The predicted octanol–water partition coefficient (Wildman–Crippen LogP) is 0.335. The van der Waals surface area contributed by atoms with Crippen molar-refractivity contribution < 1.29 is 8.42 Å². The van der Waals surface area contributed by atoms with Gasteiger partial charge in [-0.15, -0.1) is 0 Å². The first-order valence-corrected chi connectivity index (χ1v) is 7.16. The quantitative estimate of drug-likeness (QED) is 0.746. The second-order valence-corrected chi connectivity index (χ2v) is 6.35. The Hall–Kier alpha value is -0.640. The van der Waals surface area contributed by atoms with Crippen LogP contribution in [0.4, 0.5) is 0 Å². The smallest absolute Gasteiger partial charge is 0.227 e. The Kier molecular flexibility index (Phi) is 4.71. The molecule has 0 heterocycles. The summed E-state index contributed by atoms with van der Waals surface area (Å²) < 4.78 is 26.1. The average molecular weight is 245 g/mol. The predicted molar refractivity (Wildman–Crippen MR) is 61.9 cm³/mol. The molecule has 0 spiro atoms. The molecule has 0 aromatic rings. The Morgan fingerprint density at radius 3 is 2.69 bits per heavy atom. The lowest BCUT2D eigenvalue weighted by atomic mass is 9.85. The number of nitrogens with two attached hydrogens (primary N) is 1. The van der Waals surface area contributed by atoms with Gasteiger partial charge in [-0.3, -0.25) is 0 Å². The van der Waals surface area contributed by atoms with Gasteiger partial charge in [-0.1, -0.05) is 12.8 Å². The van der Waals surface area contributed by atoms with Crippen LogP contribution in [0.2, 0.25) is 0 Å². The Labute approximate surface area is 97.1 Å². The summed E-state index contributed by atoms with van der Waals surface area (Å²) in [5, 5.41) is 7.62. The van der Waals surface area contributed by atoms with E-state index < -0.39 is 15.3 Å². The molecule has 0 bridgehead atoms. The number of nitrogens with one attached hydrogen (secondary N) is 1. The molecule has 0 amide bonds. The number of sulfonamides is 1. The highest BCUT2D eigenvalue weighted by molar-refractivity contribution is 7.90. The first-order valence-electron chi connectivity index (χ1n) is 5.62. The van der Waals surface area contributed by atoms with Crippen molar-refractivity contribution in [2.45, 2.75) is 43.9 Å². The van der Waals surface area contributed by atoms with Crippen LogP contribution in [0.15, 0.2) is 0 Å². The SMILES string of the molecule is CC(C#N)S(=O)(=O)NC1CCCCC1CN. The zero-order chi connectivity index (χ0) is 12.2. The Morgan fingerprint density at radius 1 is 1.50 bits per heavy atom. The lowest BCUT2D eigenvalue weighted by molar-refractivity contribution is 0.296. The number of hydrogen-bond donors (Lipinski definition) is 2. The van der Waals surface area contributed by atoms with Gasteiger partial charge in [-0.2, -0.15) is 5.26 Å². The molecule has 0 aromatic heterocycles. The molecule has 1 aliphatic carbocycles. The van der Waals surface area contributed by atoms with Crippen molar-refractivity contribution in [3.05, 3.63) is 0 Å². The zero-order valence-corrected chi connectivity index (χ0v) is 10.3. The van der Waals surface area contributed by atoms with E-state index in [0.29, 0.717) is 6.54 Å². The lowest BCUT2D eigenvalue weighted by Crippen LogP contribution is -2.47. The van der Waals surface area contributed by atoms with E-state index in [2.05, 4.69) is 4.72 Å². The van der Waals surface area contributed by atoms with Gasteiger partial charge in [0, 0.05) is 6.04 Å². The topological polar surface area (TPSA) is 96.0 Å². The first-order chi connectivity index (χ1) is 7.51. The molecule has 92 valence electrons. The molecule has 0 aromatic carbocycles. The molecule has 6 heteroatoms. The number of rotatable bonds is 4. The number of nitrogens with zero attached hydrogens (tertiary/aromatic N) is 1. The molecule has 3 unspecified atom stereocenters. The maximum Gasteiger partial charge on any atom is 0.227 e. The van der Waals surface area contributed by atoms with Gasteiger partial charge in [0.1, 0.15) is 0 Å². The third kappa shape index (κ3) is 3.17. The van der Waals surface area contributed by atoms with Crippen LogP contribution in [0.1, 0.15) is 32.6 Å². The minimum Gasteiger partial charge on any atom is -0.330 e. The van der Waals surface area contributed by atoms with Gasteiger partial charge in [-0.05, 0) is 32.2 Å². The summed E-state index contributed by atoms with van der Waals surface area (Å²) in [4.78, 5) is 0. The van der Waals surface area contributed by atoms with E-state index >= 15 is 0 Å². The van der Waals surface area contributed by atoms with Gasteiger partial charge in [0.05, 0.1) is 6.07 Å². The Morgan fingerprint density at radius 2 is 2.12 bits per heavy atom. The van der Waals surface area contributed by atoms with E-state index in [1.807, 2.05) is 0 Å². The fourth-order valence-corrected chi connectivity index (χ4v) is 3.10. The molecule has 16 heavy (non-hydrogen) atoms. The first kappa shape index (κ1) is 13.4. The minimum absolute atomic E-state index is 0.0976. The number of hydrogen-bond acceptors (Lipinski definition) is 4. The molecule has 3 N–H and O–H groups in total. The van der Waals surface area contributed by atoms with Crippen LogP contribution >= 0.6 is 0 Å². The van der Waals surface area contributed by atoms with Crippen LogP contribution in [0.25, 0.3) is 0 Å². The molecule has 1 saturated carbocycles. The van der Waals surface area contributed by atoms with E-state index in [1.54, 1.807) is 6.07 Å². The summed E-state index contributed by atoms with van der Waals surface area (Å²) in [6.45, 7) is 1.89. The van der Waals surface area contributed by atoms with Crippen molar-refractivity contribution in [1.82, 2.24) is 4.72 Å². The molecule has 3 atom stereocenters. The van der Waals surface area contributed by atoms with Gasteiger partial charge in [-0.25, -0.2) is 13.1 Å². The summed E-state index contributed by atoms with van der Waals surface area (Å²) in [6.07, 6.45) is 3.91. The monoisotopic (exact) mass is 245 g/mol. The highest BCUT2D eigenvalue weighted by Crippen LogP contribution is 2.24. The van der Waals surface area contributed by atoms with Gasteiger partial charge in [0.2, 0.25) is 10.0 Å². The third-order valence-electron chi connectivity index (χ3n) is 3.17. The van der Waals surface area contributed by atoms with Crippen molar-refractivity contribution in [3.8, 4) is 6.07 Å². The largest absolute Gasteiger partial charge is 0.330 e. The molecule has 1 aliphatic rings. The normalized spacial score (nSPS) is 28.3. The van der Waals surface area contributed by atoms with Crippen LogP contribution in [0.3, 0.4) is 0 Å². The van der Waals surface area contributed by atoms with Gasteiger partial charge >= 0.3 is 0 Å². The van der Waals surface area contributed by atoms with Crippen LogP contribution < -0.4 is 10.5 Å². The van der Waals surface area contributed by atoms with E-state index in [-0.39, 0.29) is 12.0 Å². The molecular formula is C10H19N3O2S. The summed E-state index contributed by atoms with van der Waals surface area (Å²) >= 11 is 0. The van der Waals surface area contributed by atoms with Gasteiger partial charge in [0.25, 0.3) is 0 Å². The second-order valence-electron chi connectivity index (χ2n) is 4.32. The van der Waals surface area contributed by atoms with Crippen LogP contribution in [0, 0.1) is 17.2 Å². The summed E-state index contributed by atoms with van der Waals surface area (Å²) in [5.41, 5.74) is 5.62. The fraction of sp³-hybridized carbons (Fsp3) is 0.900. The summed E-state index contributed by atoms with van der Waals surface area (Å²) in [6, 6.07) is 1.65. The van der Waals surface area contributed by atoms with E-state index in [1.165, 1.54) is 6.92 Å². The van der Waals surface area contributed by atoms with Crippen LogP contribution in [0.5, 0.6) is 0 Å². The van der Waals surface area contributed by atoms with Gasteiger partial charge in [0.15, 0.2) is 5.25 Å². The zero-order valence-electron chi connectivity index (χ0n) is 9.52. The third-order valence-corrected chi connectivity index (χ3v) is 4.84. The van der Waals surface area contributed by atoms with Crippen molar-refractivity contribution in [1.29, 1.82) is 5.26 Å². The minimum atomic E-state index is -3.52. The van der Waals surface area contributed by atoms with Crippen LogP contribution in [-0.2, 0) is 10.0 Å². The molecule has 5 nitrogen and oxygen atoms in total. The fourth-order valence-electron chi connectivity index (χ4n) is 2.03. The number of nitriles is 1. The average Bonchev–Trinajstić information content (AvgIpc) is 2.28. The highest BCUT2D eigenvalue weighted by atomic mass is 32.2. The Bertz CT molecular complexity index is 361. The lowest BCUT2D eigenvalue weighted by Gasteiger charge is -2.31. The molecule has 1 fully saturated rings. The maximum absolute atomic E-state index is 11.7. The highest BCUT2D eigenvalue weighted by Gasteiger charge is 2.30. The molecule has 0 radical (unpaired) electrons. The van der Waals surface area contributed by atoms with Crippen molar-refractivity contribution in [2.24, 2.45) is 11.7 Å². The summed E-state index contributed by atoms with van der Waals surface area (Å²) in [7, 11) is -3.52. The van der Waals surface area contributed by atoms with Crippen LogP contribution in [-0.4, -0.2) is 26.3 Å². The standard InChI is InChI=1S/C10H19N3O2S/c1-8(6-11)16(14,15)13-10-5-3-2-4-9(10)7-12/h8-10,13H,2-5,7,12H2,1H3. The molecule has 0 aliphatic heterocycles. The van der Waals surface area contributed by atoms with Crippen molar-refractivity contribution in [3.63, 3.8) is 0 Å². The van der Waals surface area contributed by atoms with E-state index in [0.717, 1.165) is 25.7 Å². The summed E-state index contributed by atoms with van der Waals surface area (Å²) in [5.74, 6) is 0.203. The second kappa shape index (κ2) is 5.62. The Balaban J connectivity index is 2.68. The van der Waals surface area contributed by atoms with E-state index in [9.17, 15) is 8.42 Å². The molecule has 1 rings (SSSR count).